The van der Waals surface area contributed by atoms with Crippen molar-refractivity contribution < 1.29 is 19.4 Å². The third kappa shape index (κ3) is 3.14. The molecule has 0 spiro atoms. The van der Waals surface area contributed by atoms with E-state index in [-0.39, 0.29) is 5.56 Å². The average Bonchev–Trinajstić information content (AvgIpc) is 2.81. The first-order valence-corrected chi connectivity index (χ1v) is 10.1. The quantitative estimate of drug-likeness (QED) is 0.654. The molecule has 2 aliphatic rings. The molecule has 0 unspecified atom stereocenters. The van der Waals surface area contributed by atoms with Crippen molar-refractivity contribution in [2.75, 3.05) is 43.2 Å². The first-order valence-electron chi connectivity index (χ1n) is 10.1. The molecule has 7 heteroatoms. The molecule has 2 heterocycles. The van der Waals surface area contributed by atoms with Crippen LogP contribution in [0.25, 0.3) is 10.8 Å². The third-order valence-corrected chi connectivity index (χ3v) is 5.90. The number of carboxylic acids is 1. The Labute approximate surface area is 179 Å². The largest absolute Gasteiger partial charge is 0.478 e. The maximum Gasteiger partial charge on any atom is 0.335 e. The maximum absolute atomic E-state index is 11.7. The summed E-state index contributed by atoms with van der Waals surface area (Å²) in [4.78, 5) is 32.3. The SMILES string of the molecule is CN1C(c2cc(C(=O)O)ccc2C=O)=Nc2ccc(N3CCOCC3)c3cccc1c23. The first-order chi connectivity index (χ1) is 15.1. The Morgan fingerprint density at radius 1 is 1.10 bits per heavy atom. The number of carbonyl (C=O) groups is 2. The van der Waals surface area contributed by atoms with Crippen LogP contribution in [0.15, 0.2) is 53.5 Å². The number of aliphatic imine (C=N–C) groups is 1. The van der Waals surface area contributed by atoms with Gasteiger partial charge in [-0.2, -0.15) is 0 Å². The van der Waals surface area contributed by atoms with Crippen molar-refractivity contribution in [3.8, 4) is 0 Å². The second kappa shape index (κ2) is 7.52. The lowest BCUT2D eigenvalue weighted by molar-refractivity contribution is 0.0696. The van der Waals surface area contributed by atoms with Gasteiger partial charge < -0.3 is 19.6 Å². The summed E-state index contributed by atoms with van der Waals surface area (Å²) in [7, 11) is 1.89. The van der Waals surface area contributed by atoms with Gasteiger partial charge in [-0.05, 0) is 30.3 Å². The van der Waals surface area contributed by atoms with E-state index in [0.29, 0.717) is 30.2 Å². The molecule has 1 fully saturated rings. The van der Waals surface area contributed by atoms with Gasteiger partial charge in [0.2, 0.25) is 0 Å². The summed E-state index contributed by atoms with van der Waals surface area (Å²) in [6.07, 6.45) is 0.731. The Bertz CT molecular complexity index is 1250. The van der Waals surface area contributed by atoms with Gasteiger partial charge in [-0.1, -0.05) is 18.2 Å². The lowest BCUT2D eigenvalue weighted by Crippen LogP contribution is -2.36. The van der Waals surface area contributed by atoms with E-state index in [1.165, 1.54) is 18.2 Å². The minimum atomic E-state index is -1.05. The van der Waals surface area contributed by atoms with E-state index >= 15 is 0 Å². The predicted octanol–water partition coefficient (Wildman–Crippen LogP) is 3.72. The fraction of sp³-hybridized carbons (Fsp3) is 0.208. The topological polar surface area (TPSA) is 82.4 Å². The van der Waals surface area contributed by atoms with E-state index < -0.39 is 5.97 Å². The summed E-state index contributed by atoms with van der Waals surface area (Å²) in [5.41, 5.74) is 3.92. The number of aldehydes is 1. The molecule has 7 nitrogen and oxygen atoms in total. The van der Waals surface area contributed by atoms with Crippen LogP contribution >= 0.6 is 0 Å². The highest BCUT2D eigenvalue weighted by molar-refractivity contribution is 6.23. The van der Waals surface area contributed by atoms with E-state index in [1.54, 1.807) is 0 Å². The van der Waals surface area contributed by atoms with Crippen molar-refractivity contribution in [3.63, 3.8) is 0 Å². The highest BCUT2D eigenvalue weighted by Gasteiger charge is 2.25. The van der Waals surface area contributed by atoms with Crippen molar-refractivity contribution in [3.05, 3.63) is 65.2 Å². The van der Waals surface area contributed by atoms with Crippen LogP contribution < -0.4 is 9.80 Å². The van der Waals surface area contributed by atoms with Crippen LogP contribution in [0.2, 0.25) is 0 Å². The van der Waals surface area contributed by atoms with E-state index in [1.807, 2.05) is 30.1 Å². The number of aromatic carboxylic acids is 1. The molecule has 0 saturated carbocycles. The maximum atomic E-state index is 11.7. The zero-order valence-corrected chi connectivity index (χ0v) is 17.0. The minimum absolute atomic E-state index is 0.114. The van der Waals surface area contributed by atoms with Gasteiger partial charge in [0.1, 0.15) is 5.84 Å². The van der Waals surface area contributed by atoms with E-state index in [4.69, 9.17) is 9.73 Å². The zero-order valence-electron chi connectivity index (χ0n) is 17.0. The number of morpholine rings is 1. The van der Waals surface area contributed by atoms with E-state index in [9.17, 15) is 14.7 Å². The summed E-state index contributed by atoms with van der Waals surface area (Å²) in [6, 6.07) is 14.7. The molecule has 1 saturated heterocycles. The number of benzene rings is 3. The molecule has 0 radical (unpaired) electrons. The molecule has 3 aromatic rings. The van der Waals surface area contributed by atoms with Crippen LogP contribution in [0.5, 0.6) is 0 Å². The Morgan fingerprint density at radius 2 is 1.90 bits per heavy atom. The highest BCUT2D eigenvalue weighted by Crippen LogP contribution is 2.43. The van der Waals surface area contributed by atoms with Crippen LogP contribution in [0, 0.1) is 0 Å². The van der Waals surface area contributed by atoms with Crippen molar-refractivity contribution in [2.24, 2.45) is 4.99 Å². The Morgan fingerprint density at radius 3 is 2.65 bits per heavy atom. The number of hydrogen-bond donors (Lipinski definition) is 1. The molecule has 0 atom stereocenters. The van der Waals surface area contributed by atoms with Gasteiger partial charge in [-0.3, -0.25) is 4.79 Å². The van der Waals surface area contributed by atoms with Crippen molar-refractivity contribution >= 4 is 45.9 Å². The lowest BCUT2D eigenvalue weighted by atomic mass is 9.98. The second-order valence-electron chi connectivity index (χ2n) is 7.62. The van der Waals surface area contributed by atoms with Crippen LogP contribution in [-0.2, 0) is 4.74 Å². The number of rotatable bonds is 4. The van der Waals surface area contributed by atoms with Gasteiger partial charge in [0, 0.05) is 47.7 Å². The van der Waals surface area contributed by atoms with Crippen molar-refractivity contribution in [1.82, 2.24) is 0 Å². The number of ether oxygens (including phenoxy) is 1. The predicted molar refractivity (Wildman–Crippen MR) is 120 cm³/mol. The van der Waals surface area contributed by atoms with Crippen LogP contribution in [0.3, 0.4) is 0 Å². The van der Waals surface area contributed by atoms with Crippen molar-refractivity contribution in [1.29, 1.82) is 0 Å². The number of nitrogens with zero attached hydrogens (tertiary/aromatic N) is 3. The Hall–Kier alpha value is -3.71. The molecule has 5 rings (SSSR count). The fourth-order valence-electron chi connectivity index (χ4n) is 4.34. The molecule has 0 bridgehead atoms. The summed E-state index contributed by atoms with van der Waals surface area (Å²) in [5, 5.41) is 11.6. The van der Waals surface area contributed by atoms with Gasteiger partial charge in [-0.25, -0.2) is 9.79 Å². The molecular weight excluding hydrogens is 394 g/mol. The Kier molecular flexibility index (Phi) is 4.67. The van der Waals surface area contributed by atoms with Gasteiger partial charge in [0.25, 0.3) is 0 Å². The molecule has 0 amide bonds. The van der Waals surface area contributed by atoms with Crippen LogP contribution in [-0.4, -0.2) is 56.5 Å². The van der Waals surface area contributed by atoms with Gasteiger partial charge >= 0.3 is 5.97 Å². The smallest absolute Gasteiger partial charge is 0.335 e. The summed E-state index contributed by atoms with van der Waals surface area (Å²) in [6.45, 7) is 3.10. The normalized spacial score (nSPS) is 15.7. The molecule has 0 aromatic heterocycles. The number of carbonyl (C=O) groups excluding carboxylic acids is 1. The second-order valence-corrected chi connectivity index (χ2v) is 7.62. The molecular formula is C24H21N3O4. The third-order valence-electron chi connectivity index (χ3n) is 5.90. The monoisotopic (exact) mass is 415 g/mol. The van der Waals surface area contributed by atoms with Crippen LogP contribution in [0.1, 0.15) is 26.3 Å². The standard InChI is InChI=1S/C24H21N3O4/c1-26-21-4-2-3-17-20(27-9-11-31-12-10-27)8-7-19(22(17)21)25-23(26)18-13-15(24(29)30)5-6-16(18)14-28/h2-8,13-14H,9-12H2,1H3,(H,29,30). The number of anilines is 2. The first kappa shape index (κ1) is 19.3. The van der Waals surface area contributed by atoms with Crippen LogP contribution in [0.4, 0.5) is 17.1 Å². The zero-order chi connectivity index (χ0) is 21.5. The van der Waals surface area contributed by atoms with Crippen molar-refractivity contribution in [2.45, 2.75) is 0 Å². The molecule has 31 heavy (non-hydrogen) atoms. The summed E-state index contributed by atoms with van der Waals surface area (Å²) in [5.74, 6) is -0.500. The van der Waals surface area contributed by atoms with Gasteiger partial charge in [-0.15, -0.1) is 0 Å². The molecule has 3 aromatic carbocycles. The molecule has 0 aliphatic carbocycles. The lowest BCUT2D eigenvalue weighted by Gasteiger charge is -2.33. The number of carboxylic acid groups (broad SMARTS) is 1. The minimum Gasteiger partial charge on any atom is -0.478 e. The fourth-order valence-corrected chi connectivity index (χ4v) is 4.34. The van der Waals surface area contributed by atoms with E-state index in [0.717, 1.165) is 47.2 Å². The van der Waals surface area contributed by atoms with E-state index in [2.05, 4.69) is 17.0 Å². The number of hydrogen-bond acceptors (Lipinski definition) is 6. The molecule has 156 valence electrons. The summed E-state index contributed by atoms with van der Waals surface area (Å²) < 4.78 is 5.50. The molecule has 2 aliphatic heterocycles. The highest BCUT2D eigenvalue weighted by atomic mass is 16.5. The Balaban J connectivity index is 1.70. The molecule has 1 N–H and O–H groups in total. The van der Waals surface area contributed by atoms with Gasteiger partial charge in [0.15, 0.2) is 6.29 Å². The van der Waals surface area contributed by atoms with Gasteiger partial charge in [0.05, 0.1) is 30.2 Å². The average molecular weight is 415 g/mol. The summed E-state index contributed by atoms with van der Waals surface area (Å²) >= 11 is 0. The number of amidine groups is 1.